The molecule has 1 aliphatic heterocycles. The number of anilines is 1. The van der Waals surface area contributed by atoms with Crippen molar-refractivity contribution in [2.75, 3.05) is 51.8 Å². The van der Waals surface area contributed by atoms with E-state index in [1.54, 1.807) is 25.4 Å². The molecule has 228 valence electrons. The number of piperidine rings is 1. The van der Waals surface area contributed by atoms with Crippen molar-refractivity contribution in [3.05, 3.63) is 48.4 Å². The summed E-state index contributed by atoms with van der Waals surface area (Å²) in [6.07, 6.45) is 5.51. The van der Waals surface area contributed by atoms with Gasteiger partial charge in [-0.2, -0.15) is 0 Å². The predicted molar refractivity (Wildman–Crippen MR) is 162 cm³/mol. The van der Waals surface area contributed by atoms with Crippen molar-refractivity contribution in [2.24, 2.45) is 11.3 Å². The molecule has 0 radical (unpaired) electrons. The van der Waals surface area contributed by atoms with Crippen LogP contribution in [0.3, 0.4) is 0 Å². The average molecular weight is 583 g/mol. The van der Waals surface area contributed by atoms with Crippen LogP contribution in [0, 0.1) is 17.2 Å². The SMILES string of the molecule is COc1cc2c(Oc3ccc(NC(=O)NCCC(C)(C)C)c(F)c3)ccnc2cc1OCCN1CCC(CCO)CC1. The Kier molecular flexibility index (Phi) is 10.8. The molecule has 10 heteroatoms. The van der Waals surface area contributed by atoms with Gasteiger partial charge in [0.15, 0.2) is 11.5 Å². The van der Waals surface area contributed by atoms with E-state index < -0.39 is 11.8 Å². The van der Waals surface area contributed by atoms with Gasteiger partial charge in [-0.15, -0.1) is 0 Å². The van der Waals surface area contributed by atoms with Crippen LogP contribution in [0.15, 0.2) is 42.6 Å². The molecular weight excluding hydrogens is 539 g/mol. The number of urea groups is 1. The maximum atomic E-state index is 14.8. The quantitative estimate of drug-likeness (QED) is 0.233. The highest BCUT2D eigenvalue weighted by molar-refractivity contribution is 5.90. The number of nitrogens with zero attached hydrogens (tertiary/aromatic N) is 2. The lowest BCUT2D eigenvalue weighted by Crippen LogP contribution is -2.36. The van der Waals surface area contributed by atoms with E-state index in [9.17, 15) is 9.18 Å². The third-order valence-electron chi connectivity index (χ3n) is 7.47. The van der Waals surface area contributed by atoms with E-state index in [0.717, 1.165) is 45.3 Å². The fourth-order valence-corrected chi connectivity index (χ4v) is 4.96. The first-order chi connectivity index (χ1) is 20.1. The minimum Gasteiger partial charge on any atom is -0.493 e. The minimum absolute atomic E-state index is 0.0631. The molecule has 3 N–H and O–H groups in total. The number of nitrogens with one attached hydrogen (secondary N) is 2. The standard InChI is InChI=1S/C32H43FN4O5/c1-32(2,3)11-13-35-31(39)36-26-6-5-23(19-25(26)33)42-28-7-12-34-27-21-30(29(40-4)20-24(27)28)41-18-16-37-14-8-22(9-15-37)10-17-38/h5-7,12,19-22,38H,8-11,13-18H2,1-4H3,(H2,35,36,39). The number of fused-ring (bicyclic) bond motifs is 1. The monoisotopic (exact) mass is 582 g/mol. The molecule has 2 heterocycles. The number of aromatic nitrogens is 1. The zero-order chi connectivity index (χ0) is 30.1. The van der Waals surface area contributed by atoms with E-state index in [-0.39, 0.29) is 23.5 Å². The highest BCUT2D eigenvalue weighted by Crippen LogP contribution is 2.37. The van der Waals surface area contributed by atoms with Crippen molar-refractivity contribution in [1.82, 2.24) is 15.2 Å². The van der Waals surface area contributed by atoms with Crippen LogP contribution in [0.4, 0.5) is 14.9 Å². The molecule has 0 saturated carbocycles. The van der Waals surface area contributed by atoms with E-state index in [1.165, 1.54) is 12.1 Å². The molecule has 0 spiro atoms. The van der Waals surface area contributed by atoms with Crippen LogP contribution in [0.2, 0.25) is 0 Å². The Morgan fingerprint density at radius 2 is 1.90 bits per heavy atom. The summed E-state index contributed by atoms with van der Waals surface area (Å²) >= 11 is 0. The third kappa shape index (κ3) is 8.93. The molecule has 1 aliphatic rings. The van der Waals surface area contributed by atoms with Crippen LogP contribution in [0.5, 0.6) is 23.0 Å². The molecule has 0 bridgehead atoms. The van der Waals surface area contributed by atoms with Gasteiger partial charge in [0, 0.05) is 43.4 Å². The maximum Gasteiger partial charge on any atom is 0.319 e. The number of rotatable bonds is 12. The van der Waals surface area contributed by atoms with Crippen LogP contribution in [0.25, 0.3) is 10.9 Å². The lowest BCUT2D eigenvalue weighted by Gasteiger charge is -2.31. The van der Waals surface area contributed by atoms with E-state index in [2.05, 4.69) is 41.3 Å². The Balaban J connectivity index is 1.38. The zero-order valence-electron chi connectivity index (χ0n) is 25.0. The molecule has 0 unspecified atom stereocenters. The molecule has 2 aromatic carbocycles. The number of likely N-dealkylation sites (tertiary alicyclic amines) is 1. The summed E-state index contributed by atoms with van der Waals surface area (Å²) < 4.78 is 32.6. The van der Waals surface area contributed by atoms with Crippen molar-refractivity contribution in [3.63, 3.8) is 0 Å². The lowest BCUT2D eigenvalue weighted by atomic mass is 9.92. The van der Waals surface area contributed by atoms with Crippen molar-refractivity contribution in [3.8, 4) is 23.0 Å². The molecule has 1 fully saturated rings. The summed E-state index contributed by atoms with van der Waals surface area (Å²) in [6.45, 7) is 10.4. The fraction of sp³-hybridized carbons (Fsp3) is 0.500. The van der Waals surface area contributed by atoms with Gasteiger partial charge in [-0.05, 0) is 74.4 Å². The molecular formula is C32H43FN4O5. The Morgan fingerprint density at radius 3 is 2.60 bits per heavy atom. The van der Waals surface area contributed by atoms with Crippen molar-refractivity contribution in [1.29, 1.82) is 0 Å². The molecule has 0 atom stereocenters. The first-order valence-corrected chi connectivity index (χ1v) is 14.6. The molecule has 9 nitrogen and oxygen atoms in total. The second-order valence-corrected chi connectivity index (χ2v) is 11.9. The van der Waals surface area contributed by atoms with Gasteiger partial charge in [0.25, 0.3) is 0 Å². The van der Waals surface area contributed by atoms with Crippen LogP contribution in [0.1, 0.15) is 46.5 Å². The molecule has 1 aromatic heterocycles. The van der Waals surface area contributed by atoms with Gasteiger partial charge in [0.1, 0.15) is 23.9 Å². The summed E-state index contributed by atoms with van der Waals surface area (Å²) in [6, 6.07) is 9.18. The highest BCUT2D eigenvalue weighted by atomic mass is 19.1. The predicted octanol–water partition coefficient (Wildman–Crippen LogP) is 6.21. The fourth-order valence-electron chi connectivity index (χ4n) is 4.96. The number of methoxy groups -OCH3 is 1. The minimum atomic E-state index is -0.609. The van der Waals surface area contributed by atoms with E-state index in [4.69, 9.17) is 19.3 Å². The van der Waals surface area contributed by atoms with Crippen LogP contribution >= 0.6 is 0 Å². The molecule has 42 heavy (non-hydrogen) atoms. The average Bonchev–Trinajstić information content (AvgIpc) is 2.95. The van der Waals surface area contributed by atoms with E-state index in [1.807, 2.05) is 12.1 Å². The number of pyridine rings is 1. The molecule has 1 saturated heterocycles. The Hall–Kier alpha value is -3.63. The maximum absolute atomic E-state index is 14.8. The number of aliphatic hydroxyl groups excluding tert-OH is 1. The number of aliphatic hydroxyl groups is 1. The van der Waals surface area contributed by atoms with Crippen LogP contribution in [-0.4, -0.2) is 67.5 Å². The molecule has 0 aliphatic carbocycles. The number of amides is 2. The number of hydrogen-bond donors (Lipinski definition) is 3. The van der Waals surface area contributed by atoms with Crippen molar-refractivity contribution in [2.45, 2.75) is 46.5 Å². The largest absolute Gasteiger partial charge is 0.493 e. The second-order valence-electron chi connectivity index (χ2n) is 11.9. The van der Waals surface area contributed by atoms with E-state index >= 15 is 0 Å². The van der Waals surface area contributed by atoms with Crippen LogP contribution < -0.4 is 24.8 Å². The van der Waals surface area contributed by atoms with Gasteiger partial charge >= 0.3 is 6.03 Å². The van der Waals surface area contributed by atoms with E-state index in [0.29, 0.717) is 47.2 Å². The number of hydrogen-bond acceptors (Lipinski definition) is 7. The number of ether oxygens (including phenoxy) is 3. The summed E-state index contributed by atoms with van der Waals surface area (Å²) in [5.41, 5.74) is 0.805. The Bertz CT molecular complexity index is 1340. The summed E-state index contributed by atoms with van der Waals surface area (Å²) in [4.78, 5) is 19.0. The summed E-state index contributed by atoms with van der Waals surface area (Å²) in [7, 11) is 1.58. The number of carbonyl (C=O) groups is 1. The van der Waals surface area contributed by atoms with Gasteiger partial charge in [0.2, 0.25) is 0 Å². The van der Waals surface area contributed by atoms with Crippen molar-refractivity contribution >= 4 is 22.6 Å². The smallest absolute Gasteiger partial charge is 0.319 e. The van der Waals surface area contributed by atoms with Gasteiger partial charge in [-0.1, -0.05) is 20.8 Å². The normalized spacial score (nSPS) is 14.5. The molecule has 2 amide bonds. The lowest BCUT2D eigenvalue weighted by molar-refractivity contribution is 0.138. The Morgan fingerprint density at radius 1 is 1.12 bits per heavy atom. The first kappa shape index (κ1) is 31.3. The summed E-state index contributed by atoms with van der Waals surface area (Å²) in [5, 5.41) is 15.2. The topological polar surface area (TPSA) is 105 Å². The van der Waals surface area contributed by atoms with Crippen LogP contribution in [-0.2, 0) is 0 Å². The highest BCUT2D eigenvalue weighted by Gasteiger charge is 2.19. The second kappa shape index (κ2) is 14.5. The van der Waals surface area contributed by atoms with Crippen molar-refractivity contribution < 1.29 is 28.5 Å². The van der Waals surface area contributed by atoms with Gasteiger partial charge in [-0.25, -0.2) is 9.18 Å². The third-order valence-corrected chi connectivity index (χ3v) is 7.47. The molecule has 3 aromatic rings. The molecule has 4 rings (SSSR count). The number of halogens is 1. The summed E-state index contributed by atoms with van der Waals surface area (Å²) in [5.74, 6) is 1.90. The van der Waals surface area contributed by atoms with Gasteiger partial charge < -0.3 is 30.0 Å². The number of benzene rings is 2. The van der Waals surface area contributed by atoms with Gasteiger partial charge in [0.05, 0.1) is 18.3 Å². The zero-order valence-corrected chi connectivity index (χ0v) is 25.0. The first-order valence-electron chi connectivity index (χ1n) is 14.6. The van der Waals surface area contributed by atoms with Gasteiger partial charge in [-0.3, -0.25) is 9.88 Å². The number of carbonyl (C=O) groups excluding carboxylic acids is 1. The Labute approximate surface area is 247 Å².